The molecular formula is C15H21NO5. The van der Waals surface area contributed by atoms with Gasteiger partial charge in [0, 0.05) is 12.7 Å². The molecule has 0 saturated heterocycles. The lowest BCUT2D eigenvalue weighted by molar-refractivity contribution is -0.149. The van der Waals surface area contributed by atoms with Crippen LogP contribution in [0, 0.1) is 6.92 Å². The average Bonchev–Trinajstić information content (AvgIpc) is 2.38. The molecule has 0 aliphatic carbocycles. The van der Waals surface area contributed by atoms with Crippen molar-refractivity contribution in [3.8, 4) is 5.75 Å². The highest BCUT2D eigenvalue weighted by molar-refractivity contribution is 5.88. The summed E-state index contributed by atoms with van der Waals surface area (Å²) in [5.74, 6) is -0.950. The Labute approximate surface area is 124 Å². The van der Waals surface area contributed by atoms with Gasteiger partial charge in [-0.25, -0.2) is 4.79 Å². The highest BCUT2D eigenvalue weighted by Crippen LogP contribution is 2.20. The Balaban J connectivity index is 2.86. The van der Waals surface area contributed by atoms with Gasteiger partial charge in [0.15, 0.2) is 5.54 Å². The lowest BCUT2D eigenvalue weighted by atomic mass is 10.0. The Morgan fingerprint density at radius 1 is 1.33 bits per heavy atom. The van der Waals surface area contributed by atoms with E-state index in [0.717, 1.165) is 5.56 Å². The Morgan fingerprint density at radius 3 is 2.52 bits per heavy atom. The third kappa shape index (κ3) is 4.46. The molecule has 0 saturated carbocycles. The van der Waals surface area contributed by atoms with E-state index in [1.54, 1.807) is 6.07 Å². The fourth-order valence-electron chi connectivity index (χ4n) is 2.01. The first-order valence-corrected chi connectivity index (χ1v) is 6.49. The summed E-state index contributed by atoms with van der Waals surface area (Å²) in [5, 5.41) is 11.7. The fourth-order valence-corrected chi connectivity index (χ4v) is 2.01. The summed E-state index contributed by atoms with van der Waals surface area (Å²) < 4.78 is 10.1. The van der Waals surface area contributed by atoms with Gasteiger partial charge < -0.3 is 19.9 Å². The number of benzene rings is 1. The van der Waals surface area contributed by atoms with Crippen LogP contribution in [0.5, 0.6) is 5.75 Å². The van der Waals surface area contributed by atoms with Gasteiger partial charge in [-0.2, -0.15) is 0 Å². The van der Waals surface area contributed by atoms with E-state index in [1.807, 2.05) is 19.1 Å². The summed E-state index contributed by atoms with van der Waals surface area (Å²) in [5.41, 5.74) is 0.250. The summed E-state index contributed by atoms with van der Waals surface area (Å²) in [6.07, 6.45) is 0.0391. The third-order valence-corrected chi connectivity index (χ3v) is 3.11. The minimum atomic E-state index is -1.46. The number of hydrogen-bond donors (Lipinski definition) is 2. The molecule has 116 valence electrons. The molecule has 1 rings (SSSR count). The van der Waals surface area contributed by atoms with E-state index in [1.165, 1.54) is 21.1 Å². The highest BCUT2D eigenvalue weighted by atomic mass is 16.5. The van der Waals surface area contributed by atoms with Gasteiger partial charge in [0.25, 0.3) is 0 Å². The van der Waals surface area contributed by atoms with Gasteiger partial charge in [-0.1, -0.05) is 17.7 Å². The molecule has 2 N–H and O–H groups in total. The molecule has 1 atom stereocenters. The van der Waals surface area contributed by atoms with Crippen molar-refractivity contribution < 1.29 is 24.2 Å². The van der Waals surface area contributed by atoms with Crippen molar-refractivity contribution in [2.75, 3.05) is 20.8 Å². The van der Waals surface area contributed by atoms with Crippen molar-refractivity contribution in [3.63, 3.8) is 0 Å². The number of carboxylic acids is 1. The van der Waals surface area contributed by atoms with E-state index in [4.69, 9.17) is 9.47 Å². The molecule has 1 aromatic carbocycles. The highest BCUT2D eigenvalue weighted by Gasteiger charge is 2.35. The molecule has 0 heterocycles. The second kappa shape index (κ2) is 7.08. The zero-order chi connectivity index (χ0) is 16.0. The number of carbonyl (C=O) groups is 2. The monoisotopic (exact) mass is 295 g/mol. The van der Waals surface area contributed by atoms with Crippen LogP contribution in [0.3, 0.4) is 0 Å². The van der Waals surface area contributed by atoms with Crippen molar-refractivity contribution in [1.82, 2.24) is 5.32 Å². The first-order chi connectivity index (χ1) is 9.82. The predicted octanol–water partition coefficient (Wildman–Crippen LogP) is 1.15. The van der Waals surface area contributed by atoms with Gasteiger partial charge >= 0.3 is 5.97 Å². The maximum absolute atomic E-state index is 12.1. The number of nitrogens with one attached hydrogen (secondary N) is 1. The third-order valence-electron chi connectivity index (χ3n) is 3.11. The minimum Gasteiger partial charge on any atom is -0.496 e. The number of amides is 1. The number of hydrogen-bond acceptors (Lipinski definition) is 4. The number of carboxylic acid groups (broad SMARTS) is 1. The Morgan fingerprint density at radius 2 is 2.00 bits per heavy atom. The quantitative estimate of drug-likeness (QED) is 0.788. The predicted molar refractivity (Wildman–Crippen MR) is 77.5 cm³/mol. The van der Waals surface area contributed by atoms with Gasteiger partial charge in [0.2, 0.25) is 5.91 Å². The summed E-state index contributed by atoms with van der Waals surface area (Å²) >= 11 is 0. The molecule has 0 fully saturated rings. The van der Waals surface area contributed by atoms with Gasteiger partial charge in [0.05, 0.1) is 20.1 Å². The van der Waals surface area contributed by atoms with Crippen molar-refractivity contribution in [2.24, 2.45) is 0 Å². The van der Waals surface area contributed by atoms with Crippen LogP contribution in [0.25, 0.3) is 0 Å². The number of aliphatic carboxylic acids is 1. The van der Waals surface area contributed by atoms with Gasteiger partial charge in [-0.05, 0) is 19.9 Å². The molecular weight excluding hydrogens is 274 g/mol. The van der Waals surface area contributed by atoms with E-state index >= 15 is 0 Å². The Kier molecular flexibility index (Phi) is 5.72. The Bertz CT molecular complexity index is 529. The van der Waals surface area contributed by atoms with E-state index in [9.17, 15) is 14.7 Å². The molecule has 21 heavy (non-hydrogen) atoms. The van der Waals surface area contributed by atoms with Crippen molar-refractivity contribution in [3.05, 3.63) is 29.3 Å². The van der Waals surface area contributed by atoms with E-state index < -0.39 is 17.4 Å². The molecule has 1 aromatic rings. The second-order valence-electron chi connectivity index (χ2n) is 5.11. The zero-order valence-corrected chi connectivity index (χ0v) is 12.7. The molecule has 6 nitrogen and oxygen atoms in total. The summed E-state index contributed by atoms with van der Waals surface area (Å²) in [6.45, 7) is 3.20. The lowest BCUT2D eigenvalue weighted by Crippen LogP contribution is -2.55. The van der Waals surface area contributed by atoms with Crippen LogP contribution in [0.15, 0.2) is 18.2 Å². The standard InChI is InChI=1S/C15H21NO5/c1-10-5-6-12(21-4)11(7-10)8-13(17)16-15(2,9-20-3)14(18)19/h5-7H,8-9H2,1-4H3,(H,16,17)(H,18,19). The average molecular weight is 295 g/mol. The number of methoxy groups -OCH3 is 2. The molecule has 0 aromatic heterocycles. The molecule has 0 aliphatic heterocycles. The number of carbonyl (C=O) groups excluding carboxylic acids is 1. The SMILES string of the molecule is COCC(C)(NC(=O)Cc1cc(C)ccc1OC)C(=O)O. The van der Waals surface area contributed by atoms with E-state index in [0.29, 0.717) is 11.3 Å². The molecule has 1 amide bonds. The van der Waals surface area contributed by atoms with E-state index in [-0.39, 0.29) is 13.0 Å². The lowest BCUT2D eigenvalue weighted by Gasteiger charge is -2.25. The van der Waals surface area contributed by atoms with Crippen LogP contribution in [0.2, 0.25) is 0 Å². The second-order valence-corrected chi connectivity index (χ2v) is 5.11. The summed E-state index contributed by atoms with van der Waals surface area (Å²) in [7, 11) is 2.91. The van der Waals surface area contributed by atoms with E-state index in [2.05, 4.69) is 5.32 Å². The summed E-state index contributed by atoms with van der Waals surface area (Å²) in [4.78, 5) is 23.4. The van der Waals surface area contributed by atoms with Crippen LogP contribution < -0.4 is 10.1 Å². The van der Waals surface area contributed by atoms with Gasteiger partial charge in [0.1, 0.15) is 5.75 Å². The molecule has 0 spiro atoms. The van der Waals surface area contributed by atoms with Crippen LogP contribution >= 0.6 is 0 Å². The van der Waals surface area contributed by atoms with Crippen molar-refractivity contribution in [1.29, 1.82) is 0 Å². The first kappa shape index (κ1) is 17.0. The number of rotatable bonds is 7. The fraction of sp³-hybridized carbons (Fsp3) is 0.467. The number of aryl methyl sites for hydroxylation is 1. The number of ether oxygens (including phenoxy) is 2. The zero-order valence-electron chi connectivity index (χ0n) is 12.7. The molecule has 0 aliphatic rings. The first-order valence-electron chi connectivity index (χ1n) is 6.49. The van der Waals surface area contributed by atoms with Crippen molar-refractivity contribution >= 4 is 11.9 Å². The van der Waals surface area contributed by atoms with Crippen LogP contribution in [0.1, 0.15) is 18.1 Å². The van der Waals surface area contributed by atoms with Crippen molar-refractivity contribution in [2.45, 2.75) is 25.8 Å². The van der Waals surface area contributed by atoms with Gasteiger partial charge in [-0.3, -0.25) is 4.79 Å². The minimum absolute atomic E-state index is 0.0391. The molecule has 0 radical (unpaired) electrons. The molecule has 1 unspecified atom stereocenters. The Hall–Kier alpha value is -2.08. The largest absolute Gasteiger partial charge is 0.496 e. The normalized spacial score (nSPS) is 13.3. The van der Waals surface area contributed by atoms with Crippen LogP contribution in [-0.4, -0.2) is 43.3 Å². The topological polar surface area (TPSA) is 84.9 Å². The van der Waals surface area contributed by atoms with Crippen LogP contribution in [-0.2, 0) is 20.7 Å². The molecule has 0 bridgehead atoms. The van der Waals surface area contributed by atoms with Crippen LogP contribution in [0.4, 0.5) is 0 Å². The summed E-state index contributed by atoms with van der Waals surface area (Å²) in [6, 6.07) is 5.50. The maximum atomic E-state index is 12.1. The smallest absolute Gasteiger partial charge is 0.331 e. The van der Waals surface area contributed by atoms with Gasteiger partial charge in [-0.15, -0.1) is 0 Å². The maximum Gasteiger partial charge on any atom is 0.331 e. The molecule has 6 heteroatoms.